The van der Waals surface area contributed by atoms with Gasteiger partial charge in [-0.25, -0.2) is 0 Å². The number of aliphatic hydroxyl groups is 1. The van der Waals surface area contributed by atoms with Crippen molar-refractivity contribution in [2.75, 3.05) is 6.54 Å². The standard InChI is InChI=1S/C7H17NO.ClH/c1-7(2,9)5-3-4-6-8;/h9H,3-6,8H2,1-2H3;1H. The Morgan fingerprint density at radius 3 is 2.10 bits per heavy atom. The first kappa shape index (κ1) is 12.8. The summed E-state index contributed by atoms with van der Waals surface area (Å²) in [4.78, 5) is 0. The molecule has 0 rings (SSSR count). The van der Waals surface area contributed by atoms with E-state index in [0.29, 0.717) is 0 Å². The Morgan fingerprint density at radius 1 is 1.30 bits per heavy atom. The lowest BCUT2D eigenvalue weighted by molar-refractivity contribution is 0.0684. The summed E-state index contributed by atoms with van der Waals surface area (Å²) in [7, 11) is 0. The van der Waals surface area contributed by atoms with Gasteiger partial charge in [0.1, 0.15) is 0 Å². The minimum atomic E-state index is -0.505. The van der Waals surface area contributed by atoms with Crippen molar-refractivity contribution >= 4 is 12.4 Å². The highest BCUT2D eigenvalue weighted by Gasteiger charge is 2.10. The molecule has 0 aliphatic heterocycles. The molecule has 0 amide bonds. The van der Waals surface area contributed by atoms with Gasteiger partial charge in [-0.15, -0.1) is 12.4 Å². The average molecular weight is 168 g/mol. The Bertz CT molecular complexity index is 70.5. The van der Waals surface area contributed by atoms with Crippen LogP contribution >= 0.6 is 12.4 Å². The van der Waals surface area contributed by atoms with Gasteiger partial charge in [-0.1, -0.05) is 0 Å². The maximum Gasteiger partial charge on any atom is 0.0591 e. The molecule has 0 atom stereocenters. The molecule has 0 aliphatic rings. The van der Waals surface area contributed by atoms with Crippen LogP contribution < -0.4 is 5.73 Å². The van der Waals surface area contributed by atoms with Gasteiger partial charge >= 0.3 is 0 Å². The zero-order chi connectivity index (χ0) is 7.33. The van der Waals surface area contributed by atoms with Crippen molar-refractivity contribution < 1.29 is 5.11 Å². The second kappa shape index (κ2) is 5.96. The maximum atomic E-state index is 9.20. The number of hydrogen-bond donors (Lipinski definition) is 2. The predicted octanol–water partition coefficient (Wildman–Crippen LogP) is 1.31. The number of hydrogen-bond acceptors (Lipinski definition) is 2. The SMILES string of the molecule is CC(C)(O)CCCCN.Cl. The first-order chi connectivity index (χ1) is 4.06. The van der Waals surface area contributed by atoms with Gasteiger partial charge in [-0.3, -0.25) is 0 Å². The Hall–Kier alpha value is 0.210. The highest BCUT2D eigenvalue weighted by atomic mass is 35.5. The van der Waals surface area contributed by atoms with Gasteiger partial charge < -0.3 is 10.8 Å². The number of unbranched alkanes of at least 4 members (excludes halogenated alkanes) is 1. The Kier molecular flexibility index (Phi) is 7.65. The lowest BCUT2D eigenvalue weighted by atomic mass is 10.0. The number of halogens is 1. The number of rotatable bonds is 4. The van der Waals surface area contributed by atoms with Crippen LogP contribution in [0.15, 0.2) is 0 Å². The topological polar surface area (TPSA) is 46.2 Å². The predicted molar refractivity (Wildman–Crippen MR) is 46.5 cm³/mol. The lowest BCUT2D eigenvalue weighted by Crippen LogP contribution is -2.18. The zero-order valence-electron chi connectivity index (χ0n) is 6.76. The molecule has 0 saturated carbocycles. The zero-order valence-corrected chi connectivity index (χ0v) is 7.58. The van der Waals surface area contributed by atoms with Gasteiger partial charge in [-0.05, 0) is 39.7 Å². The largest absolute Gasteiger partial charge is 0.390 e. The summed E-state index contributed by atoms with van der Waals surface area (Å²) in [6, 6.07) is 0. The first-order valence-corrected chi connectivity index (χ1v) is 3.49. The van der Waals surface area contributed by atoms with Gasteiger partial charge in [0.25, 0.3) is 0 Å². The van der Waals surface area contributed by atoms with Crippen LogP contribution in [-0.4, -0.2) is 17.3 Å². The Labute approximate surface area is 69.2 Å². The highest BCUT2D eigenvalue weighted by molar-refractivity contribution is 5.85. The average Bonchev–Trinajstić information content (AvgIpc) is 1.63. The third-order valence-electron chi connectivity index (χ3n) is 1.24. The molecular formula is C7H18ClNO. The van der Waals surface area contributed by atoms with Crippen molar-refractivity contribution in [1.29, 1.82) is 0 Å². The fourth-order valence-corrected chi connectivity index (χ4v) is 0.702. The normalized spacial score (nSPS) is 10.8. The van der Waals surface area contributed by atoms with Crippen LogP contribution in [0, 0.1) is 0 Å². The van der Waals surface area contributed by atoms with Gasteiger partial charge in [0.15, 0.2) is 0 Å². The molecule has 0 bridgehead atoms. The summed E-state index contributed by atoms with van der Waals surface area (Å²) >= 11 is 0. The molecule has 0 aliphatic carbocycles. The van der Waals surface area contributed by atoms with Crippen molar-refractivity contribution in [1.82, 2.24) is 0 Å². The molecule has 3 heteroatoms. The van der Waals surface area contributed by atoms with Gasteiger partial charge in [0.05, 0.1) is 5.60 Å². The summed E-state index contributed by atoms with van der Waals surface area (Å²) in [5.41, 5.74) is 4.77. The van der Waals surface area contributed by atoms with Crippen molar-refractivity contribution in [2.24, 2.45) is 5.73 Å². The quantitative estimate of drug-likeness (QED) is 0.621. The van der Waals surface area contributed by atoms with E-state index < -0.39 is 5.60 Å². The van der Waals surface area contributed by atoms with E-state index in [-0.39, 0.29) is 12.4 Å². The molecule has 10 heavy (non-hydrogen) atoms. The van der Waals surface area contributed by atoms with E-state index in [1.807, 2.05) is 13.8 Å². The van der Waals surface area contributed by atoms with Crippen LogP contribution in [0.4, 0.5) is 0 Å². The first-order valence-electron chi connectivity index (χ1n) is 3.49. The molecular weight excluding hydrogens is 150 g/mol. The van der Waals surface area contributed by atoms with Crippen molar-refractivity contribution in [3.05, 3.63) is 0 Å². The number of nitrogens with two attached hydrogens (primary N) is 1. The molecule has 3 N–H and O–H groups in total. The molecule has 0 heterocycles. The van der Waals surface area contributed by atoms with Gasteiger partial charge in [-0.2, -0.15) is 0 Å². The summed E-state index contributed by atoms with van der Waals surface area (Å²) in [6.45, 7) is 4.38. The lowest BCUT2D eigenvalue weighted by Gasteiger charge is -2.15. The molecule has 0 aromatic carbocycles. The second-order valence-electron chi connectivity index (χ2n) is 3.06. The van der Waals surface area contributed by atoms with Crippen LogP contribution in [0.5, 0.6) is 0 Å². The molecule has 0 saturated heterocycles. The van der Waals surface area contributed by atoms with Crippen LogP contribution in [0.25, 0.3) is 0 Å². The second-order valence-corrected chi connectivity index (χ2v) is 3.06. The monoisotopic (exact) mass is 167 g/mol. The van der Waals surface area contributed by atoms with Crippen molar-refractivity contribution in [3.63, 3.8) is 0 Å². The van der Waals surface area contributed by atoms with E-state index in [4.69, 9.17) is 5.73 Å². The molecule has 0 aromatic rings. The van der Waals surface area contributed by atoms with E-state index in [9.17, 15) is 5.11 Å². The molecule has 0 unspecified atom stereocenters. The summed E-state index contributed by atoms with van der Waals surface area (Å²) < 4.78 is 0. The van der Waals surface area contributed by atoms with Crippen LogP contribution in [0.3, 0.4) is 0 Å². The van der Waals surface area contributed by atoms with Gasteiger partial charge in [0, 0.05) is 0 Å². The fourth-order valence-electron chi connectivity index (χ4n) is 0.702. The third kappa shape index (κ3) is 11.1. The Balaban J connectivity index is 0. The van der Waals surface area contributed by atoms with Crippen LogP contribution in [0.2, 0.25) is 0 Å². The van der Waals surface area contributed by atoms with E-state index in [1.165, 1.54) is 0 Å². The van der Waals surface area contributed by atoms with E-state index in [2.05, 4.69) is 0 Å². The molecule has 0 aromatic heterocycles. The van der Waals surface area contributed by atoms with Crippen LogP contribution in [-0.2, 0) is 0 Å². The summed E-state index contributed by atoms with van der Waals surface area (Å²) in [5, 5.41) is 9.20. The molecule has 0 fully saturated rings. The van der Waals surface area contributed by atoms with E-state index >= 15 is 0 Å². The van der Waals surface area contributed by atoms with Crippen molar-refractivity contribution in [3.8, 4) is 0 Å². The van der Waals surface area contributed by atoms with E-state index in [0.717, 1.165) is 25.8 Å². The minimum Gasteiger partial charge on any atom is -0.390 e. The summed E-state index contributed by atoms with van der Waals surface area (Å²) in [5.74, 6) is 0. The summed E-state index contributed by atoms with van der Waals surface area (Å²) in [6.07, 6.45) is 2.90. The van der Waals surface area contributed by atoms with Crippen molar-refractivity contribution in [2.45, 2.75) is 38.7 Å². The Morgan fingerprint density at radius 2 is 1.80 bits per heavy atom. The van der Waals surface area contributed by atoms with Crippen LogP contribution in [0.1, 0.15) is 33.1 Å². The maximum absolute atomic E-state index is 9.20. The molecule has 0 radical (unpaired) electrons. The fraction of sp³-hybridized carbons (Fsp3) is 1.00. The molecule has 0 spiro atoms. The van der Waals surface area contributed by atoms with Gasteiger partial charge in [0.2, 0.25) is 0 Å². The smallest absolute Gasteiger partial charge is 0.0591 e. The highest BCUT2D eigenvalue weighted by Crippen LogP contribution is 2.10. The third-order valence-corrected chi connectivity index (χ3v) is 1.24. The van der Waals surface area contributed by atoms with E-state index in [1.54, 1.807) is 0 Å². The minimum absolute atomic E-state index is 0. The molecule has 64 valence electrons. The molecule has 2 nitrogen and oxygen atoms in total.